The molecule has 0 aliphatic heterocycles. The first-order chi connectivity index (χ1) is 7.49. The third-order valence-corrected chi connectivity index (χ3v) is 2.32. The summed E-state index contributed by atoms with van der Waals surface area (Å²) in [6.07, 6.45) is 0. The van der Waals surface area contributed by atoms with Gasteiger partial charge in [0.15, 0.2) is 0 Å². The van der Waals surface area contributed by atoms with Gasteiger partial charge in [-0.05, 0) is 26.3 Å². The van der Waals surface area contributed by atoms with E-state index in [0.717, 1.165) is 0 Å². The largest absolute Gasteiger partial charge is 0.462 e. The monoisotopic (exact) mass is 223 g/mol. The van der Waals surface area contributed by atoms with Crippen LogP contribution in [0.15, 0.2) is 12.1 Å². The average molecular weight is 223 g/mol. The lowest BCUT2D eigenvalue weighted by Crippen LogP contribution is -2.10. The molecule has 0 bridgehead atoms. The second kappa shape index (κ2) is 4.74. The fraction of sp³-hybridized carbons (Fsp3) is 0.364. The van der Waals surface area contributed by atoms with Crippen LogP contribution in [0.3, 0.4) is 0 Å². The molecule has 0 aliphatic rings. The van der Waals surface area contributed by atoms with E-state index in [0.29, 0.717) is 11.1 Å². The van der Waals surface area contributed by atoms with Crippen LogP contribution in [0.4, 0.5) is 5.69 Å². The lowest BCUT2D eigenvalue weighted by molar-refractivity contribution is -0.385. The Balaban J connectivity index is 3.31. The Bertz CT molecular complexity index is 440. The summed E-state index contributed by atoms with van der Waals surface area (Å²) >= 11 is 0. The zero-order chi connectivity index (χ0) is 12.3. The van der Waals surface area contributed by atoms with Crippen LogP contribution < -0.4 is 0 Å². The molecule has 0 radical (unpaired) electrons. The highest BCUT2D eigenvalue weighted by atomic mass is 16.6. The number of hydrogen-bond acceptors (Lipinski definition) is 4. The molecular formula is C11H13NO4. The van der Waals surface area contributed by atoms with Crippen LogP contribution in [0.5, 0.6) is 0 Å². The lowest BCUT2D eigenvalue weighted by Gasteiger charge is -2.08. The zero-order valence-corrected chi connectivity index (χ0v) is 9.44. The van der Waals surface area contributed by atoms with Gasteiger partial charge in [-0.25, -0.2) is 4.79 Å². The van der Waals surface area contributed by atoms with Gasteiger partial charge in [-0.15, -0.1) is 0 Å². The molecule has 0 N–H and O–H groups in total. The van der Waals surface area contributed by atoms with E-state index in [1.165, 1.54) is 6.07 Å². The van der Waals surface area contributed by atoms with Crippen LogP contribution in [-0.4, -0.2) is 17.5 Å². The number of benzene rings is 1. The van der Waals surface area contributed by atoms with E-state index in [-0.39, 0.29) is 17.9 Å². The predicted octanol–water partition coefficient (Wildman–Crippen LogP) is 2.39. The molecule has 5 heteroatoms. The van der Waals surface area contributed by atoms with Crippen molar-refractivity contribution in [1.29, 1.82) is 0 Å². The number of nitro groups is 1. The lowest BCUT2D eigenvalue weighted by atomic mass is 10.0. The van der Waals surface area contributed by atoms with Gasteiger partial charge in [0.1, 0.15) is 0 Å². The van der Waals surface area contributed by atoms with Crippen LogP contribution in [0.2, 0.25) is 0 Å². The predicted molar refractivity (Wildman–Crippen MR) is 58.5 cm³/mol. The number of nitro benzene ring substituents is 1. The van der Waals surface area contributed by atoms with E-state index >= 15 is 0 Å². The van der Waals surface area contributed by atoms with Gasteiger partial charge in [0, 0.05) is 11.6 Å². The van der Waals surface area contributed by atoms with Crippen molar-refractivity contribution in [2.75, 3.05) is 6.61 Å². The molecule has 5 nitrogen and oxygen atoms in total. The Kier molecular flexibility index (Phi) is 3.60. The summed E-state index contributed by atoms with van der Waals surface area (Å²) in [5.41, 5.74) is 1.26. The van der Waals surface area contributed by atoms with Gasteiger partial charge in [-0.1, -0.05) is 6.07 Å². The Morgan fingerprint density at radius 3 is 2.56 bits per heavy atom. The summed E-state index contributed by atoms with van der Waals surface area (Å²) in [4.78, 5) is 21.8. The highest BCUT2D eigenvalue weighted by molar-refractivity contribution is 5.93. The van der Waals surface area contributed by atoms with Crippen LogP contribution >= 0.6 is 0 Å². The number of rotatable bonds is 3. The van der Waals surface area contributed by atoms with Crippen molar-refractivity contribution in [3.05, 3.63) is 38.9 Å². The molecule has 0 spiro atoms. The van der Waals surface area contributed by atoms with Crippen molar-refractivity contribution in [1.82, 2.24) is 0 Å². The molecule has 16 heavy (non-hydrogen) atoms. The Labute approximate surface area is 93.2 Å². The average Bonchev–Trinajstić information content (AvgIpc) is 2.17. The van der Waals surface area contributed by atoms with E-state index in [2.05, 4.69) is 0 Å². The second-order valence-electron chi connectivity index (χ2n) is 3.38. The molecule has 0 heterocycles. The maximum Gasteiger partial charge on any atom is 0.338 e. The maximum atomic E-state index is 11.6. The van der Waals surface area contributed by atoms with Gasteiger partial charge in [-0.3, -0.25) is 10.1 Å². The smallest absolute Gasteiger partial charge is 0.338 e. The van der Waals surface area contributed by atoms with Crippen molar-refractivity contribution in [2.24, 2.45) is 0 Å². The van der Waals surface area contributed by atoms with E-state index < -0.39 is 10.9 Å². The summed E-state index contributed by atoms with van der Waals surface area (Å²) in [6, 6.07) is 2.95. The van der Waals surface area contributed by atoms with Crippen molar-refractivity contribution in [3.8, 4) is 0 Å². The molecule has 86 valence electrons. The number of aryl methyl sites for hydroxylation is 1. The minimum absolute atomic E-state index is 0.0614. The number of hydrogen-bond donors (Lipinski definition) is 0. The molecule has 0 aliphatic carbocycles. The van der Waals surface area contributed by atoms with Gasteiger partial charge >= 0.3 is 5.97 Å². The minimum Gasteiger partial charge on any atom is -0.462 e. The summed E-state index contributed by atoms with van der Waals surface area (Å²) in [5.74, 6) is -0.513. The molecule has 1 aromatic carbocycles. The normalized spacial score (nSPS) is 9.94. The first-order valence-electron chi connectivity index (χ1n) is 4.90. The number of carbonyl (C=O) groups is 1. The zero-order valence-electron chi connectivity index (χ0n) is 9.44. The highest BCUT2D eigenvalue weighted by Gasteiger charge is 2.21. The molecule has 1 aromatic rings. The molecule has 0 atom stereocenters. The van der Waals surface area contributed by atoms with Crippen molar-refractivity contribution < 1.29 is 14.5 Å². The topological polar surface area (TPSA) is 69.4 Å². The van der Waals surface area contributed by atoms with E-state index in [4.69, 9.17) is 4.74 Å². The van der Waals surface area contributed by atoms with Crippen LogP contribution in [-0.2, 0) is 4.74 Å². The first kappa shape index (κ1) is 12.2. The molecule has 0 fully saturated rings. The third-order valence-electron chi connectivity index (χ3n) is 2.32. The molecule has 0 saturated heterocycles. The minimum atomic E-state index is -0.513. The van der Waals surface area contributed by atoms with Crippen LogP contribution in [0.25, 0.3) is 0 Å². The van der Waals surface area contributed by atoms with Crippen molar-refractivity contribution in [2.45, 2.75) is 20.8 Å². The van der Waals surface area contributed by atoms with Gasteiger partial charge in [0.2, 0.25) is 0 Å². The summed E-state index contributed by atoms with van der Waals surface area (Å²) in [7, 11) is 0. The summed E-state index contributed by atoms with van der Waals surface area (Å²) < 4.78 is 4.86. The maximum absolute atomic E-state index is 11.6. The molecule has 1 rings (SSSR count). The first-order valence-corrected chi connectivity index (χ1v) is 4.90. The fourth-order valence-corrected chi connectivity index (χ4v) is 1.55. The number of ether oxygens (including phenoxy) is 1. The van der Waals surface area contributed by atoms with Crippen molar-refractivity contribution >= 4 is 11.7 Å². The quantitative estimate of drug-likeness (QED) is 0.448. The van der Waals surface area contributed by atoms with Crippen LogP contribution in [0.1, 0.15) is 28.4 Å². The van der Waals surface area contributed by atoms with Gasteiger partial charge in [-0.2, -0.15) is 0 Å². The number of carbonyl (C=O) groups excluding carboxylic acids is 1. The van der Waals surface area contributed by atoms with Crippen LogP contribution in [0, 0.1) is 24.0 Å². The standard InChI is InChI=1S/C11H13NO4/c1-4-16-11(13)10-7(2)5-6-9(8(10)3)12(14)15/h5-6H,4H2,1-3H3. The van der Waals surface area contributed by atoms with Gasteiger partial charge in [0.05, 0.1) is 17.1 Å². The van der Waals surface area contributed by atoms with E-state index in [1.807, 2.05) is 0 Å². The van der Waals surface area contributed by atoms with E-state index in [9.17, 15) is 14.9 Å². The Morgan fingerprint density at radius 2 is 2.06 bits per heavy atom. The molecule has 0 aromatic heterocycles. The second-order valence-corrected chi connectivity index (χ2v) is 3.38. The van der Waals surface area contributed by atoms with Gasteiger partial charge in [0.25, 0.3) is 5.69 Å². The fourth-order valence-electron chi connectivity index (χ4n) is 1.55. The Hall–Kier alpha value is -1.91. The van der Waals surface area contributed by atoms with Gasteiger partial charge < -0.3 is 4.74 Å². The number of nitrogens with zero attached hydrogens (tertiary/aromatic N) is 1. The molecule has 0 amide bonds. The summed E-state index contributed by atoms with van der Waals surface area (Å²) in [6.45, 7) is 5.22. The number of esters is 1. The Morgan fingerprint density at radius 1 is 1.44 bits per heavy atom. The SMILES string of the molecule is CCOC(=O)c1c(C)ccc([N+](=O)[O-])c1C. The van der Waals surface area contributed by atoms with E-state index in [1.54, 1.807) is 26.8 Å². The molecule has 0 unspecified atom stereocenters. The highest BCUT2D eigenvalue weighted by Crippen LogP contribution is 2.24. The molecular weight excluding hydrogens is 210 g/mol. The van der Waals surface area contributed by atoms with Crippen molar-refractivity contribution in [3.63, 3.8) is 0 Å². The summed E-state index contributed by atoms with van der Waals surface area (Å²) in [5, 5.41) is 10.7. The molecule has 0 saturated carbocycles. The third kappa shape index (κ3) is 2.18.